The van der Waals surface area contributed by atoms with Gasteiger partial charge in [0.25, 0.3) is 0 Å². The fourth-order valence-electron chi connectivity index (χ4n) is 3.69. The van der Waals surface area contributed by atoms with Crippen molar-refractivity contribution in [2.45, 2.75) is 37.8 Å². The molecule has 0 spiro atoms. The summed E-state index contributed by atoms with van der Waals surface area (Å²) in [4.78, 5) is 24.3. The van der Waals surface area contributed by atoms with Crippen molar-refractivity contribution in [1.82, 2.24) is 15.0 Å². The molecule has 0 radical (unpaired) electrons. The second kappa shape index (κ2) is 8.62. The van der Waals surface area contributed by atoms with Gasteiger partial charge < -0.3 is 11.1 Å². The highest BCUT2D eigenvalue weighted by Gasteiger charge is 2.32. The number of thiazole rings is 1. The molecule has 0 aliphatic heterocycles. The Bertz CT molecular complexity index is 1080. The summed E-state index contributed by atoms with van der Waals surface area (Å²) >= 11 is 1.59. The molecule has 0 saturated heterocycles. The lowest BCUT2D eigenvalue weighted by molar-refractivity contribution is -0.141. The zero-order valence-electron chi connectivity index (χ0n) is 16.4. The van der Waals surface area contributed by atoms with Crippen molar-refractivity contribution in [2.24, 2.45) is 11.7 Å². The first-order valence-corrected chi connectivity index (χ1v) is 10.6. The number of nitrogens with zero attached hydrogens (tertiary/aromatic N) is 3. The minimum absolute atomic E-state index is 0.0449. The van der Waals surface area contributed by atoms with Crippen LogP contribution in [0.4, 0.5) is 24.8 Å². The van der Waals surface area contributed by atoms with Gasteiger partial charge in [-0.3, -0.25) is 4.79 Å². The van der Waals surface area contributed by atoms with E-state index in [1.165, 1.54) is 0 Å². The Morgan fingerprint density at radius 2 is 1.90 bits per heavy atom. The third kappa shape index (κ3) is 5.01. The van der Waals surface area contributed by atoms with Gasteiger partial charge in [-0.25, -0.2) is 15.0 Å². The molecule has 162 valence electrons. The first-order valence-electron chi connectivity index (χ1n) is 9.82. The van der Waals surface area contributed by atoms with E-state index in [0.717, 1.165) is 53.4 Å². The number of alkyl halides is 3. The van der Waals surface area contributed by atoms with Crippen molar-refractivity contribution < 1.29 is 18.0 Å². The fourth-order valence-corrected chi connectivity index (χ4v) is 4.77. The van der Waals surface area contributed by atoms with Crippen LogP contribution in [0.3, 0.4) is 0 Å². The Labute approximate surface area is 180 Å². The van der Waals surface area contributed by atoms with Crippen LogP contribution in [0.25, 0.3) is 10.4 Å². The summed E-state index contributed by atoms with van der Waals surface area (Å²) in [6, 6.07) is 8.12. The van der Waals surface area contributed by atoms with Gasteiger partial charge in [0, 0.05) is 29.9 Å². The quantitative estimate of drug-likeness (QED) is 0.566. The summed E-state index contributed by atoms with van der Waals surface area (Å²) < 4.78 is 38.6. The molecule has 10 heteroatoms. The van der Waals surface area contributed by atoms with Crippen LogP contribution in [0.15, 0.2) is 42.7 Å². The third-order valence-corrected chi connectivity index (χ3v) is 6.56. The number of halogens is 3. The van der Waals surface area contributed by atoms with Crippen molar-refractivity contribution in [3.8, 4) is 10.4 Å². The molecule has 1 aliphatic rings. The predicted molar refractivity (Wildman–Crippen MR) is 112 cm³/mol. The SMILES string of the molecule is NC(=O)[C@H]1CC[C@H](c2ncc(-c3cccc(Nc4nccc(C(F)(F)F)n4)c3)s2)CC1. The molecular weight excluding hydrogens is 427 g/mol. The molecule has 31 heavy (non-hydrogen) atoms. The monoisotopic (exact) mass is 447 g/mol. The molecule has 0 unspecified atom stereocenters. The zero-order chi connectivity index (χ0) is 22.0. The van der Waals surface area contributed by atoms with E-state index >= 15 is 0 Å². The second-order valence-electron chi connectivity index (χ2n) is 7.48. The van der Waals surface area contributed by atoms with Gasteiger partial charge in [-0.05, 0) is 49.4 Å². The molecule has 4 rings (SSSR count). The van der Waals surface area contributed by atoms with Gasteiger partial charge in [-0.15, -0.1) is 11.3 Å². The maximum absolute atomic E-state index is 12.9. The maximum atomic E-state index is 12.9. The zero-order valence-corrected chi connectivity index (χ0v) is 17.2. The molecule has 0 atom stereocenters. The van der Waals surface area contributed by atoms with Gasteiger partial charge in [0.2, 0.25) is 11.9 Å². The van der Waals surface area contributed by atoms with Gasteiger partial charge in [0.1, 0.15) is 5.69 Å². The maximum Gasteiger partial charge on any atom is 0.433 e. The Kier molecular flexibility index (Phi) is 5.90. The number of aromatic nitrogens is 3. The number of hydrogen-bond donors (Lipinski definition) is 2. The van der Waals surface area contributed by atoms with Gasteiger partial charge in [-0.2, -0.15) is 13.2 Å². The molecule has 2 heterocycles. The average Bonchev–Trinajstić information content (AvgIpc) is 3.24. The van der Waals surface area contributed by atoms with Crippen LogP contribution in [0, 0.1) is 5.92 Å². The highest BCUT2D eigenvalue weighted by Crippen LogP contribution is 2.39. The van der Waals surface area contributed by atoms with E-state index < -0.39 is 11.9 Å². The van der Waals surface area contributed by atoms with Gasteiger partial charge in [0.15, 0.2) is 0 Å². The molecule has 3 N–H and O–H groups in total. The first kappa shape index (κ1) is 21.2. The van der Waals surface area contributed by atoms with E-state index in [0.29, 0.717) is 11.6 Å². The van der Waals surface area contributed by atoms with E-state index in [-0.39, 0.29) is 17.8 Å². The fraction of sp³-hybridized carbons (Fsp3) is 0.333. The summed E-state index contributed by atoms with van der Waals surface area (Å²) in [6.07, 6.45) is 1.68. The number of nitrogens with two attached hydrogens (primary N) is 1. The van der Waals surface area contributed by atoms with Crippen LogP contribution in [0.5, 0.6) is 0 Å². The number of anilines is 2. The summed E-state index contributed by atoms with van der Waals surface area (Å²) in [7, 11) is 0. The Balaban J connectivity index is 1.48. The highest BCUT2D eigenvalue weighted by molar-refractivity contribution is 7.15. The second-order valence-corrected chi connectivity index (χ2v) is 8.54. The number of amides is 1. The van der Waals surface area contributed by atoms with Crippen molar-refractivity contribution in [3.63, 3.8) is 0 Å². The minimum atomic E-state index is -4.53. The molecule has 1 saturated carbocycles. The molecular formula is C21H20F3N5OS. The number of carbonyl (C=O) groups is 1. The summed E-state index contributed by atoms with van der Waals surface area (Å²) in [5, 5.41) is 3.86. The lowest BCUT2D eigenvalue weighted by Crippen LogP contribution is -2.27. The normalized spacial score (nSPS) is 19.2. The Hall–Kier alpha value is -3.01. The number of primary amides is 1. The van der Waals surface area contributed by atoms with Crippen molar-refractivity contribution in [1.29, 1.82) is 0 Å². The molecule has 6 nitrogen and oxygen atoms in total. The van der Waals surface area contributed by atoms with Crippen molar-refractivity contribution >= 4 is 28.9 Å². The number of rotatable bonds is 5. The standard InChI is InChI=1S/C21H20F3N5OS/c22-21(23,24)17-8-9-26-20(29-17)28-15-3-1-2-14(10-15)16-11-27-19(31-16)13-6-4-12(5-7-13)18(25)30/h1-3,8-13H,4-7H2,(H2,25,30)(H,26,28,29)/t12-,13-. The van der Waals surface area contributed by atoms with E-state index in [9.17, 15) is 18.0 Å². The van der Waals surface area contributed by atoms with E-state index in [1.54, 1.807) is 23.6 Å². The van der Waals surface area contributed by atoms with Gasteiger partial charge in [-0.1, -0.05) is 12.1 Å². The third-order valence-electron chi connectivity index (χ3n) is 5.35. The summed E-state index contributed by atoms with van der Waals surface area (Å²) in [5.41, 5.74) is 5.88. The van der Waals surface area contributed by atoms with Crippen LogP contribution in [-0.2, 0) is 11.0 Å². The van der Waals surface area contributed by atoms with Crippen molar-refractivity contribution in [3.05, 3.63) is 53.4 Å². The van der Waals surface area contributed by atoms with Gasteiger partial charge in [0.05, 0.1) is 9.88 Å². The number of nitrogens with one attached hydrogen (secondary N) is 1. The molecule has 1 amide bonds. The topological polar surface area (TPSA) is 93.8 Å². The van der Waals surface area contributed by atoms with Crippen molar-refractivity contribution in [2.75, 3.05) is 5.32 Å². The first-order chi connectivity index (χ1) is 14.8. The highest BCUT2D eigenvalue weighted by atomic mass is 32.1. The van der Waals surface area contributed by atoms with Crippen LogP contribution >= 0.6 is 11.3 Å². The smallest absolute Gasteiger partial charge is 0.369 e. The molecule has 3 aromatic rings. The minimum Gasteiger partial charge on any atom is -0.369 e. The number of carbonyl (C=O) groups excluding carboxylic acids is 1. The molecule has 2 aromatic heterocycles. The Morgan fingerprint density at radius 1 is 1.13 bits per heavy atom. The van der Waals surface area contributed by atoms with Crippen LogP contribution in [0.1, 0.15) is 42.3 Å². The largest absolute Gasteiger partial charge is 0.433 e. The molecule has 1 fully saturated rings. The van der Waals surface area contributed by atoms with Crippen LogP contribution in [-0.4, -0.2) is 20.9 Å². The predicted octanol–water partition coefficient (Wildman–Crippen LogP) is 5.12. The molecule has 1 aromatic carbocycles. The lowest BCUT2D eigenvalue weighted by Gasteiger charge is -2.24. The van der Waals surface area contributed by atoms with E-state index in [4.69, 9.17) is 5.73 Å². The number of hydrogen-bond acceptors (Lipinski definition) is 6. The lowest BCUT2D eigenvalue weighted by atomic mass is 9.82. The molecule has 1 aliphatic carbocycles. The van der Waals surface area contributed by atoms with E-state index in [1.807, 2.05) is 18.2 Å². The Morgan fingerprint density at radius 3 is 2.61 bits per heavy atom. The number of benzene rings is 1. The van der Waals surface area contributed by atoms with E-state index in [2.05, 4.69) is 20.3 Å². The molecule has 0 bridgehead atoms. The summed E-state index contributed by atoms with van der Waals surface area (Å²) in [5.74, 6) is -0.0822. The van der Waals surface area contributed by atoms with Crippen LogP contribution in [0.2, 0.25) is 0 Å². The van der Waals surface area contributed by atoms with Gasteiger partial charge >= 0.3 is 6.18 Å². The van der Waals surface area contributed by atoms with Crippen LogP contribution < -0.4 is 11.1 Å². The average molecular weight is 447 g/mol. The summed E-state index contributed by atoms with van der Waals surface area (Å²) in [6.45, 7) is 0.